The third-order valence-corrected chi connectivity index (χ3v) is 5.67. The molecule has 1 saturated heterocycles. The molecule has 118 valence electrons. The number of nitrogens with zero attached hydrogens (tertiary/aromatic N) is 3. The van der Waals surface area contributed by atoms with Crippen molar-refractivity contribution in [2.45, 2.75) is 31.3 Å². The Morgan fingerprint density at radius 1 is 1.43 bits per heavy atom. The van der Waals surface area contributed by atoms with Crippen LogP contribution in [-0.2, 0) is 14.8 Å². The molecule has 1 fully saturated rings. The van der Waals surface area contributed by atoms with Crippen molar-refractivity contribution in [3.05, 3.63) is 18.7 Å². The van der Waals surface area contributed by atoms with E-state index in [4.69, 9.17) is 10.8 Å². The maximum Gasteiger partial charge on any atom is 0.320 e. The highest BCUT2D eigenvalue weighted by Crippen LogP contribution is 2.24. The molecule has 2 heterocycles. The molecule has 1 aromatic rings. The third-order valence-electron chi connectivity index (χ3n) is 3.77. The second kappa shape index (κ2) is 6.54. The summed E-state index contributed by atoms with van der Waals surface area (Å²) in [6, 6.07) is -0.872. The lowest BCUT2D eigenvalue weighted by Gasteiger charge is -2.31. The molecule has 1 aliphatic heterocycles. The van der Waals surface area contributed by atoms with Gasteiger partial charge in [-0.1, -0.05) is 0 Å². The zero-order chi connectivity index (χ0) is 15.5. The molecule has 3 N–H and O–H groups in total. The predicted octanol–water partition coefficient (Wildman–Crippen LogP) is -0.348. The van der Waals surface area contributed by atoms with Crippen molar-refractivity contribution in [1.82, 2.24) is 13.9 Å². The Hall–Kier alpha value is -1.45. The smallest absolute Gasteiger partial charge is 0.320 e. The van der Waals surface area contributed by atoms with Crippen molar-refractivity contribution in [2.24, 2.45) is 5.73 Å². The Morgan fingerprint density at radius 3 is 2.62 bits per heavy atom. The lowest BCUT2D eigenvalue weighted by Crippen LogP contribution is -2.41. The van der Waals surface area contributed by atoms with E-state index in [1.807, 2.05) is 10.8 Å². The van der Waals surface area contributed by atoms with Crippen LogP contribution in [0.4, 0.5) is 0 Å². The number of rotatable bonds is 6. The molecule has 0 aliphatic carbocycles. The number of carboxylic acid groups (broad SMARTS) is 1. The van der Waals surface area contributed by atoms with Crippen molar-refractivity contribution >= 4 is 16.0 Å². The fraction of sp³-hybridized carbons (Fsp3) is 0.667. The van der Waals surface area contributed by atoms with Crippen LogP contribution >= 0.6 is 0 Å². The van der Waals surface area contributed by atoms with Crippen LogP contribution in [0.15, 0.2) is 18.7 Å². The minimum atomic E-state index is -3.44. The molecule has 0 spiro atoms. The van der Waals surface area contributed by atoms with Gasteiger partial charge in [-0.15, -0.1) is 0 Å². The molecule has 1 atom stereocenters. The first kappa shape index (κ1) is 15.9. The van der Waals surface area contributed by atoms with Crippen LogP contribution in [-0.4, -0.2) is 58.2 Å². The van der Waals surface area contributed by atoms with E-state index < -0.39 is 22.0 Å². The summed E-state index contributed by atoms with van der Waals surface area (Å²) < 4.78 is 27.7. The Balaban J connectivity index is 1.87. The molecule has 2 rings (SSSR count). The van der Waals surface area contributed by atoms with E-state index in [1.54, 1.807) is 12.5 Å². The van der Waals surface area contributed by atoms with Crippen LogP contribution in [0.1, 0.15) is 25.3 Å². The number of sulfonamides is 1. The van der Waals surface area contributed by atoms with Gasteiger partial charge < -0.3 is 15.4 Å². The van der Waals surface area contributed by atoms with Gasteiger partial charge >= 0.3 is 5.97 Å². The molecule has 0 saturated carbocycles. The van der Waals surface area contributed by atoms with Crippen molar-refractivity contribution in [2.75, 3.05) is 18.8 Å². The maximum atomic E-state index is 12.2. The highest BCUT2D eigenvalue weighted by molar-refractivity contribution is 7.89. The molecule has 1 aliphatic rings. The average molecular weight is 316 g/mol. The Kier molecular flexibility index (Phi) is 4.96. The van der Waals surface area contributed by atoms with Gasteiger partial charge in [-0.25, -0.2) is 17.7 Å². The zero-order valence-electron chi connectivity index (χ0n) is 11.6. The first-order valence-corrected chi connectivity index (χ1v) is 8.45. The van der Waals surface area contributed by atoms with Gasteiger partial charge in [0.15, 0.2) is 0 Å². The number of piperidine rings is 1. The van der Waals surface area contributed by atoms with Gasteiger partial charge in [-0.2, -0.15) is 0 Å². The van der Waals surface area contributed by atoms with E-state index >= 15 is 0 Å². The molecule has 0 amide bonds. The van der Waals surface area contributed by atoms with E-state index in [9.17, 15) is 13.2 Å². The number of aliphatic carboxylic acids is 1. The van der Waals surface area contributed by atoms with E-state index in [0.29, 0.717) is 13.1 Å². The van der Waals surface area contributed by atoms with Gasteiger partial charge in [-0.3, -0.25) is 4.79 Å². The fourth-order valence-electron chi connectivity index (χ4n) is 2.43. The van der Waals surface area contributed by atoms with Crippen molar-refractivity contribution in [1.29, 1.82) is 0 Å². The number of hydrogen-bond donors (Lipinski definition) is 2. The van der Waals surface area contributed by atoms with Crippen molar-refractivity contribution < 1.29 is 18.3 Å². The van der Waals surface area contributed by atoms with Crippen LogP contribution in [0.3, 0.4) is 0 Å². The molecule has 0 bridgehead atoms. The summed E-state index contributed by atoms with van der Waals surface area (Å²) in [5.74, 6) is -1.40. The lowest BCUT2D eigenvalue weighted by atomic mass is 10.1. The van der Waals surface area contributed by atoms with Gasteiger partial charge in [0.1, 0.15) is 6.04 Å². The molecule has 0 radical (unpaired) electrons. The van der Waals surface area contributed by atoms with Crippen LogP contribution in [0.25, 0.3) is 0 Å². The number of carboxylic acids is 1. The Morgan fingerprint density at radius 2 is 2.10 bits per heavy atom. The molecule has 21 heavy (non-hydrogen) atoms. The zero-order valence-corrected chi connectivity index (χ0v) is 12.4. The van der Waals surface area contributed by atoms with Crippen LogP contribution in [0.5, 0.6) is 0 Å². The lowest BCUT2D eigenvalue weighted by molar-refractivity contribution is -0.138. The van der Waals surface area contributed by atoms with Crippen LogP contribution in [0.2, 0.25) is 0 Å². The van der Waals surface area contributed by atoms with Gasteiger partial charge in [0.05, 0.1) is 12.1 Å². The normalized spacial score (nSPS) is 19.5. The Labute approximate surface area is 123 Å². The fourth-order valence-corrected chi connectivity index (χ4v) is 4.01. The van der Waals surface area contributed by atoms with Crippen LogP contribution in [0, 0.1) is 0 Å². The third kappa shape index (κ3) is 4.02. The number of aromatic nitrogens is 2. The summed E-state index contributed by atoms with van der Waals surface area (Å²) in [5, 5.41) is 8.69. The summed E-state index contributed by atoms with van der Waals surface area (Å²) in [4.78, 5) is 14.6. The first-order valence-electron chi connectivity index (χ1n) is 6.84. The highest BCUT2D eigenvalue weighted by atomic mass is 32.2. The molecule has 0 unspecified atom stereocenters. The van der Waals surface area contributed by atoms with E-state index in [1.165, 1.54) is 4.31 Å². The largest absolute Gasteiger partial charge is 0.480 e. The van der Waals surface area contributed by atoms with Crippen LogP contribution < -0.4 is 5.73 Å². The molecular weight excluding hydrogens is 296 g/mol. The monoisotopic (exact) mass is 316 g/mol. The molecule has 9 heteroatoms. The second-order valence-electron chi connectivity index (χ2n) is 5.19. The number of carbonyl (C=O) groups is 1. The minimum absolute atomic E-state index is 0.0703. The summed E-state index contributed by atoms with van der Waals surface area (Å²) in [7, 11) is -3.44. The molecule has 8 nitrogen and oxygen atoms in total. The SMILES string of the molecule is N[C@@H](CCS(=O)(=O)N1CCC(n2ccnc2)CC1)C(=O)O. The summed E-state index contributed by atoms with van der Waals surface area (Å²) >= 11 is 0. The second-order valence-corrected chi connectivity index (χ2v) is 7.28. The first-order chi connectivity index (χ1) is 9.90. The average Bonchev–Trinajstić information content (AvgIpc) is 2.99. The van der Waals surface area contributed by atoms with E-state index in [2.05, 4.69) is 4.98 Å². The maximum absolute atomic E-state index is 12.2. The standard InChI is InChI=1S/C12H20N4O4S/c13-11(12(17)18)3-8-21(19,20)16-5-1-10(2-6-16)15-7-4-14-9-15/h4,7,9-11H,1-3,5-6,8,13H2,(H,17,18)/t11-/m0/s1. The van der Waals surface area contributed by atoms with E-state index in [-0.39, 0.29) is 18.2 Å². The predicted molar refractivity (Wildman–Crippen MR) is 76.1 cm³/mol. The highest BCUT2D eigenvalue weighted by Gasteiger charge is 2.29. The summed E-state index contributed by atoms with van der Waals surface area (Å²) in [5.41, 5.74) is 5.35. The van der Waals surface area contributed by atoms with Gasteiger partial charge in [0.2, 0.25) is 10.0 Å². The van der Waals surface area contributed by atoms with Crippen molar-refractivity contribution in [3.63, 3.8) is 0 Å². The molecular formula is C12H20N4O4S. The Bertz CT molecular complexity index is 564. The topological polar surface area (TPSA) is 119 Å². The van der Waals surface area contributed by atoms with Gasteiger partial charge in [0.25, 0.3) is 0 Å². The van der Waals surface area contributed by atoms with Gasteiger partial charge in [-0.05, 0) is 19.3 Å². The van der Waals surface area contributed by atoms with Gasteiger partial charge in [0, 0.05) is 31.5 Å². The summed E-state index contributed by atoms with van der Waals surface area (Å²) in [6.07, 6.45) is 6.69. The van der Waals surface area contributed by atoms with E-state index in [0.717, 1.165) is 12.8 Å². The van der Waals surface area contributed by atoms with Crippen molar-refractivity contribution in [3.8, 4) is 0 Å². The quantitative estimate of drug-likeness (QED) is 0.740. The molecule has 0 aromatic carbocycles. The molecule has 1 aromatic heterocycles. The number of hydrogen-bond acceptors (Lipinski definition) is 5. The summed E-state index contributed by atoms with van der Waals surface area (Å²) in [6.45, 7) is 0.876. The number of nitrogens with two attached hydrogens (primary N) is 1. The number of imidazole rings is 1. The minimum Gasteiger partial charge on any atom is -0.480 e.